The molecule has 3 fully saturated rings. The third-order valence-corrected chi connectivity index (χ3v) is 1.81. The van der Waals surface area contributed by atoms with Crippen LogP contribution in [0.15, 0.2) is 0 Å². The molecule has 3 rings (SSSR count). The van der Waals surface area contributed by atoms with Crippen LogP contribution in [0.5, 0.6) is 0 Å². The van der Waals surface area contributed by atoms with Crippen molar-refractivity contribution in [3.8, 4) is 0 Å². The summed E-state index contributed by atoms with van der Waals surface area (Å²) in [6.45, 7) is 0. The maximum atomic E-state index is 5.67. The van der Waals surface area contributed by atoms with Gasteiger partial charge in [-0.2, -0.15) is 0 Å². The highest BCUT2D eigenvalue weighted by molar-refractivity contribution is 5.30. The molecule has 0 amide bonds. The van der Waals surface area contributed by atoms with Gasteiger partial charge in [0, 0.05) is 5.54 Å². The van der Waals surface area contributed by atoms with Crippen molar-refractivity contribution in [1.82, 2.24) is 0 Å². The summed E-state index contributed by atoms with van der Waals surface area (Å²) in [7, 11) is 0. The Balaban J connectivity index is 2.19. The first kappa shape index (κ1) is 3.03. The number of nitrogens with two attached hydrogens (primary N) is 1. The van der Waals surface area contributed by atoms with Crippen LogP contribution in [0.1, 0.15) is 19.3 Å². The number of rotatable bonds is 0. The van der Waals surface area contributed by atoms with Crippen LogP contribution in [-0.4, -0.2) is 5.54 Å². The monoisotopic (exact) mass is 82.1 g/mol. The van der Waals surface area contributed by atoms with E-state index in [1.165, 1.54) is 19.3 Å². The van der Waals surface area contributed by atoms with Gasteiger partial charge in [-0.15, -0.1) is 0 Å². The molecule has 33 valence electrons. The minimum Gasteiger partial charge on any atom is -0.325 e. The summed E-state index contributed by atoms with van der Waals surface area (Å²) in [6, 6.07) is 0. The molecule has 0 aromatic heterocycles. The highest BCUT2D eigenvalue weighted by atomic mass is 14.9. The molecule has 0 aliphatic heterocycles. The lowest BCUT2D eigenvalue weighted by molar-refractivity contribution is 0.133. The summed E-state index contributed by atoms with van der Waals surface area (Å²) in [5.74, 6) is 1.69. The lowest BCUT2D eigenvalue weighted by Crippen LogP contribution is -2.63. The van der Waals surface area contributed by atoms with Gasteiger partial charge in [-0.3, -0.25) is 0 Å². The summed E-state index contributed by atoms with van der Waals surface area (Å²) >= 11 is 0. The second-order valence-corrected chi connectivity index (χ2v) is 2.64. The van der Waals surface area contributed by atoms with Crippen LogP contribution < -0.4 is 5.73 Å². The maximum Gasteiger partial charge on any atom is 0.0170 e. The molecule has 1 radical (unpaired) electrons. The van der Waals surface area contributed by atoms with Gasteiger partial charge in [-0.1, -0.05) is 0 Å². The topological polar surface area (TPSA) is 26.0 Å². The SMILES string of the molecule is NC12C[C](C1)C2. The van der Waals surface area contributed by atoms with E-state index < -0.39 is 0 Å². The first-order valence-corrected chi connectivity index (χ1v) is 2.41. The van der Waals surface area contributed by atoms with E-state index in [4.69, 9.17) is 5.73 Å². The Morgan fingerprint density at radius 1 is 1.33 bits per heavy atom. The predicted molar refractivity (Wildman–Crippen MR) is 24.0 cm³/mol. The van der Waals surface area contributed by atoms with E-state index in [0.717, 1.165) is 0 Å². The first-order valence-electron chi connectivity index (χ1n) is 2.41. The van der Waals surface area contributed by atoms with Crippen LogP contribution in [0.2, 0.25) is 0 Å². The molecule has 0 atom stereocenters. The quantitative estimate of drug-likeness (QED) is 0.451. The maximum absolute atomic E-state index is 5.67. The molecular formula is C5H8N. The van der Waals surface area contributed by atoms with Crippen LogP contribution in [-0.2, 0) is 0 Å². The van der Waals surface area contributed by atoms with Crippen LogP contribution >= 0.6 is 0 Å². The third-order valence-electron chi connectivity index (χ3n) is 1.81. The molecule has 0 aromatic rings. The van der Waals surface area contributed by atoms with Gasteiger partial charge in [0.1, 0.15) is 0 Å². The largest absolute Gasteiger partial charge is 0.325 e. The van der Waals surface area contributed by atoms with Crippen LogP contribution in [0.25, 0.3) is 0 Å². The van der Waals surface area contributed by atoms with E-state index in [0.29, 0.717) is 5.54 Å². The zero-order chi connectivity index (χ0) is 4.20. The Morgan fingerprint density at radius 3 is 1.67 bits per heavy atom. The van der Waals surface area contributed by atoms with E-state index in [2.05, 4.69) is 0 Å². The van der Waals surface area contributed by atoms with E-state index in [-0.39, 0.29) is 0 Å². The molecule has 1 heteroatoms. The van der Waals surface area contributed by atoms with Gasteiger partial charge in [0.25, 0.3) is 0 Å². The Bertz CT molecular complexity index is 70.9. The van der Waals surface area contributed by atoms with Crippen molar-refractivity contribution in [3.63, 3.8) is 0 Å². The fourth-order valence-electron chi connectivity index (χ4n) is 1.34. The molecule has 0 heterocycles. The normalized spacial score (nSPS) is 37.5. The van der Waals surface area contributed by atoms with E-state index in [1.807, 2.05) is 0 Å². The van der Waals surface area contributed by atoms with Crippen LogP contribution in [0.4, 0.5) is 0 Å². The molecule has 3 saturated carbocycles. The van der Waals surface area contributed by atoms with Crippen molar-refractivity contribution >= 4 is 0 Å². The molecule has 0 spiro atoms. The second-order valence-electron chi connectivity index (χ2n) is 2.64. The van der Waals surface area contributed by atoms with Gasteiger partial charge in [-0.25, -0.2) is 0 Å². The van der Waals surface area contributed by atoms with E-state index in [9.17, 15) is 0 Å². The van der Waals surface area contributed by atoms with Gasteiger partial charge in [-0.05, 0) is 25.2 Å². The lowest BCUT2D eigenvalue weighted by Gasteiger charge is -2.58. The Morgan fingerprint density at radius 2 is 1.67 bits per heavy atom. The summed E-state index contributed by atoms with van der Waals surface area (Å²) in [4.78, 5) is 0. The average Bonchev–Trinajstić information content (AvgIpc) is 1.24. The minimum atomic E-state index is 0.329. The summed E-state index contributed by atoms with van der Waals surface area (Å²) < 4.78 is 0. The zero-order valence-electron chi connectivity index (χ0n) is 3.70. The molecule has 0 saturated heterocycles. The van der Waals surface area contributed by atoms with Crippen molar-refractivity contribution in [1.29, 1.82) is 0 Å². The highest BCUT2D eigenvalue weighted by Gasteiger charge is 2.53. The third kappa shape index (κ3) is 0.155. The minimum absolute atomic E-state index is 0.329. The van der Waals surface area contributed by atoms with E-state index >= 15 is 0 Å². The smallest absolute Gasteiger partial charge is 0.0170 e. The summed E-state index contributed by atoms with van der Waals surface area (Å²) in [6.07, 6.45) is 3.73. The van der Waals surface area contributed by atoms with Crippen LogP contribution in [0.3, 0.4) is 0 Å². The predicted octanol–water partition coefficient (Wildman–Crippen LogP) is 0.456. The molecule has 2 N–H and O–H groups in total. The van der Waals surface area contributed by atoms with Gasteiger partial charge in [0.05, 0.1) is 0 Å². The molecule has 0 aromatic carbocycles. The van der Waals surface area contributed by atoms with Gasteiger partial charge in [0.2, 0.25) is 0 Å². The number of hydrogen-bond acceptors (Lipinski definition) is 1. The summed E-state index contributed by atoms with van der Waals surface area (Å²) in [5.41, 5.74) is 6.00. The van der Waals surface area contributed by atoms with Crippen LogP contribution in [0, 0.1) is 5.92 Å². The molecule has 6 heavy (non-hydrogen) atoms. The van der Waals surface area contributed by atoms with Crippen molar-refractivity contribution < 1.29 is 0 Å². The Hall–Kier alpha value is -0.0400. The van der Waals surface area contributed by atoms with Crippen molar-refractivity contribution in [2.45, 2.75) is 24.8 Å². The Labute approximate surface area is 37.5 Å². The highest BCUT2D eigenvalue weighted by Crippen LogP contribution is 2.56. The molecule has 2 bridgehead atoms. The summed E-state index contributed by atoms with van der Waals surface area (Å²) in [5, 5.41) is 0. The fourth-order valence-corrected chi connectivity index (χ4v) is 1.34. The van der Waals surface area contributed by atoms with Gasteiger partial charge < -0.3 is 5.73 Å². The second kappa shape index (κ2) is 0.544. The Kier molecular flexibility index (Phi) is 0.274. The molecule has 0 unspecified atom stereocenters. The van der Waals surface area contributed by atoms with Crippen molar-refractivity contribution in [2.24, 2.45) is 5.73 Å². The number of hydrogen-bond donors (Lipinski definition) is 1. The van der Waals surface area contributed by atoms with Crippen molar-refractivity contribution in [2.75, 3.05) is 0 Å². The van der Waals surface area contributed by atoms with Gasteiger partial charge in [0.15, 0.2) is 0 Å². The fraction of sp³-hybridized carbons (Fsp3) is 0.800. The van der Waals surface area contributed by atoms with Gasteiger partial charge >= 0.3 is 0 Å². The van der Waals surface area contributed by atoms with E-state index in [1.54, 1.807) is 5.92 Å². The zero-order valence-corrected chi connectivity index (χ0v) is 3.70. The molecule has 3 aliphatic rings. The molecular weight excluding hydrogens is 74.1 g/mol. The first-order chi connectivity index (χ1) is 2.79. The lowest BCUT2D eigenvalue weighted by atomic mass is 9.50. The molecule has 1 nitrogen and oxygen atoms in total. The standard InChI is InChI=1S/C5H8N/c6-5-1-4(2-5)3-5/h1-3,6H2. The average molecular weight is 82.1 g/mol. The molecule has 3 aliphatic carbocycles. The van der Waals surface area contributed by atoms with Crippen molar-refractivity contribution in [3.05, 3.63) is 5.92 Å².